The van der Waals surface area contributed by atoms with Crippen LogP contribution in [0.2, 0.25) is 0 Å². The van der Waals surface area contributed by atoms with Gasteiger partial charge >= 0.3 is 0 Å². The number of piperidine rings is 1. The van der Waals surface area contributed by atoms with Gasteiger partial charge in [-0.15, -0.1) is 12.4 Å². The van der Waals surface area contributed by atoms with Crippen LogP contribution in [0, 0.1) is 23.7 Å². The van der Waals surface area contributed by atoms with Crippen LogP contribution in [0.4, 0.5) is 0 Å². The zero-order valence-electron chi connectivity index (χ0n) is 11.7. The fourth-order valence-electron chi connectivity index (χ4n) is 4.37. The van der Waals surface area contributed by atoms with Crippen molar-refractivity contribution in [3.63, 3.8) is 0 Å². The van der Waals surface area contributed by atoms with Crippen LogP contribution in [-0.4, -0.2) is 37.6 Å². The van der Waals surface area contributed by atoms with Crippen LogP contribution in [0.15, 0.2) is 0 Å². The van der Waals surface area contributed by atoms with E-state index in [9.17, 15) is 0 Å². The second-order valence-electron chi connectivity index (χ2n) is 6.86. The minimum absolute atomic E-state index is 0. The van der Waals surface area contributed by atoms with E-state index >= 15 is 0 Å². The Morgan fingerprint density at radius 3 is 2.78 bits per heavy atom. The number of hydrogen-bond donors (Lipinski definition) is 1. The molecule has 2 heterocycles. The molecule has 4 atom stereocenters. The first-order valence-electron chi connectivity index (χ1n) is 7.74. The summed E-state index contributed by atoms with van der Waals surface area (Å²) >= 11 is 0. The number of hydrogen-bond acceptors (Lipinski definition) is 2. The highest BCUT2D eigenvalue weighted by Crippen LogP contribution is 2.32. The molecule has 2 nitrogen and oxygen atoms in total. The van der Waals surface area contributed by atoms with E-state index in [1.807, 2.05) is 0 Å². The van der Waals surface area contributed by atoms with E-state index in [-0.39, 0.29) is 12.4 Å². The molecule has 3 fully saturated rings. The first-order chi connectivity index (χ1) is 8.31. The van der Waals surface area contributed by atoms with Gasteiger partial charge in [-0.3, -0.25) is 0 Å². The van der Waals surface area contributed by atoms with Gasteiger partial charge in [-0.05, 0) is 62.6 Å². The van der Waals surface area contributed by atoms with Crippen LogP contribution in [0.5, 0.6) is 0 Å². The molecule has 0 bridgehead atoms. The summed E-state index contributed by atoms with van der Waals surface area (Å²) in [6, 6.07) is 0. The molecule has 0 amide bonds. The van der Waals surface area contributed by atoms with Gasteiger partial charge < -0.3 is 10.2 Å². The summed E-state index contributed by atoms with van der Waals surface area (Å²) in [5, 5.41) is 3.57. The highest BCUT2D eigenvalue weighted by molar-refractivity contribution is 5.85. The smallest absolute Gasteiger partial charge is 0.00251 e. The molecule has 3 rings (SSSR count). The quantitative estimate of drug-likeness (QED) is 0.832. The molecule has 2 aliphatic heterocycles. The normalized spacial score (nSPS) is 41.2. The first-order valence-corrected chi connectivity index (χ1v) is 7.74. The van der Waals surface area contributed by atoms with E-state index < -0.39 is 0 Å². The van der Waals surface area contributed by atoms with E-state index in [2.05, 4.69) is 17.1 Å². The van der Waals surface area contributed by atoms with E-state index in [0.717, 1.165) is 23.7 Å². The molecule has 1 aliphatic carbocycles. The maximum absolute atomic E-state index is 3.57. The number of nitrogens with one attached hydrogen (secondary N) is 1. The molecule has 3 aliphatic rings. The van der Waals surface area contributed by atoms with Crippen molar-refractivity contribution < 1.29 is 0 Å². The minimum atomic E-state index is 0. The fraction of sp³-hybridized carbons (Fsp3) is 1.00. The van der Waals surface area contributed by atoms with Gasteiger partial charge in [0.05, 0.1) is 0 Å². The molecule has 1 saturated carbocycles. The third-order valence-corrected chi connectivity index (χ3v) is 5.35. The predicted molar refractivity (Wildman–Crippen MR) is 79.3 cm³/mol. The number of nitrogens with zero attached hydrogens (tertiary/aromatic N) is 1. The standard InChI is InChI=1S/C15H28N2.ClH/c1-12-3-2-4-13(7-12)10-17-6-5-14-8-16-9-15(14)11-17;/h12-16H,2-11H2,1H3;1H. The molecule has 106 valence electrons. The Labute approximate surface area is 118 Å². The SMILES string of the molecule is CC1CCCC(CN2CCC3CNCC3C2)C1.Cl. The van der Waals surface area contributed by atoms with Crippen molar-refractivity contribution in [1.29, 1.82) is 0 Å². The number of rotatable bonds is 2. The fourth-order valence-corrected chi connectivity index (χ4v) is 4.37. The van der Waals surface area contributed by atoms with Crippen molar-refractivity contribution in [2.45, 2.75) is 39.0 Å². The molecule has 2 saturated heterocycles. The summed E-state index contributed by atoms with van der Waals surface area (Å²) in [5.41, 5.74) is 0. The topological polar surface area (TPSA) is 15.3 Å². The monoisotopic (exact) mass is 272 g/mol. The van der Waals surface area contributed by atoms with Crippen molar-refractivity contribution >= 4 is 12.4 Å². The first kappa shape index (κ1) is 14.6. The van der Waals surface area contributed by atoms with Gasteiger partial charge in [0.2, 0.25) is 0 Å². The molecule has 1 N–H and O–H groups in total. The molecule has 4 unspecified atom stereocenters. The molecule has 0 spiro atoms. The van der Waals surface area contributed by atoms with E-state index in [1.165, 1.54) is 64.8 Å². The Hall–Kier alpha value is 0.210. The van der Waals surface area contributed by atoms with E-state index in [4.69, 9.17) is 0 Å². The van der Waals surface area contributed by atoms with E-state index in [1.54, 1.807) is 0 Å². The van der Waals surface area contributed by atoms with Gasteiger partial charge in [-0.25, -0.2) is 0 Å². The van der Waals surface area contributed by atoms with Crippen molar-refractivity contribution in [3.05, 3.63) is 0 Å². The van der Waals surface area contributed by atoms with Gasteiger partial charge in [-0.1, -0.05) is 19.8 Å². The Bertz CT molecular complexity index is 259. The summed E-state index contributed by atoms with van der Waals surface area (Å²) in [4.78, 5) is 2.77. The molecule has 3 heteroatoms. The van der Waals surface area contributed by atoms with Crippen molar-refractivity contribution in [2.75, 3.05) is 32.7 Å². The lowest BCUT2D eigenvalue weighted by Gasteiger charge is -2.38. The largest absolute Gasteiger partial charge is 0.316 e. The zero-order valence-corrected chi connectivity index (χ0v) is 12.6. The zero-order chi connectivity index (χ0) is 11.7. The average Bonchev–Trinajstić information content (AvgIpc) is 2.76. The van der Waals surface area contributed by atoms with Crippen LogP contribution < -0.4 is 5.32 Å². The predicted octanol–water partition coefficient (Wildman–Crippen LogP) is 2.78. The van der Waals surface area contributed by atoms with Crippen molar-refractivity contribution in [1.82, 2.24) is 10.2 Å². The van der Waals surface area contributed by atoms with Crippen molar-refractivity contribution in [2.24, 2.45) is 23.7 Å². The lowest BCUT2D eigenvalue weighted by molar-refractivity contribution is 0.111. The number of halogens is 1. The Morgan fingerprint density at radius 2 is 1.94 bits per heavy atom. The highest BCUT2D eigenvalue weighted by Gasteiger charge is 2.33. The molecular formula is C15H29ClN2. The van der Waals surface area contributed by atoms with Gasteiger partial charge in [0.25, 0.3) is 0 Å². The summed E-state index contributed by atoms with van der Waals surface area (Å²) in [6.45, 7) is 9.16. The van der Waals surface area contributed by atoms with E-state index in [0.29, 0.717) is 0 Å². The van der Waals surface area contributed by atoms with Gasteiger partial charge in [0.15, 0.2) is 0 Å². The van der Waals surface area contributed by atoms with Crippen LogP contribution >= 0.6 is 12.4 Å². The average molecular weight is 273 g/mol. The van der Waals surface area contributed by atoms with Gasteiger partial charge in [-0.2, -0.15) is 0 Å². The third kappa shape index (κ3) is 3.40. The Kier molecular flexibility index (Phi) is 5.35. The van der Waals surface area contributed by atoms with Crippen LogP contribution in [-0.2, 0) is 0 Å². The van der Waals surface area contributed by atoms with Crippen LogP contribution in [0.3, 0.4) is 0 Å². The van der Waals surface area contributed by atoms with Gasteiger partial charge in [0, 0.05) is 13.1 Å². The highest BCUT2D eigenvalue weighted by atomic mass is 35.5. The summed E-state index contributed by atoms with van der Waals surface area (Å²) in [5.74, 6) is 3.95. The van der Waals surface area contributed by atoms with Crippen LogP contribution in [0.25, 0.3) is 0 Å². The summed E-state index contributed by atoms with van der Waals surface area (Å²) in [7, 11) is 0. The molecule has 0 aromatic heterocycles. The Morgan fingerprint density at radius 1 is 1.11 bits per heavy atom. The van der Waals surface area contributed by atoms with Crippen LogP contribution in [0.1, 0.15) is 39.0 Å². The molecule has 0 aromatic rings. The number of likely N-dealkylation sites (tertiary alicyclic amines) is 1. The Balaban J connectivity index is 0.00000120. The second-order valence-corrected chi connectivity index (χ2v) is 6.86. The molecular weight excluding hydrogens is 244 g/mol. The van der Waals surface area contributed by atoms with Gasteiger partial charge in [0.1, 0.15) is 0 Å². The lowest BCUT2D eigenvalue weighted by atomic mass is 9.81. The lowest BCUT2D eigenvalue weighted by Crippen LogP contribution is -2.42. The second kappa shape index (κ2) is 6.58. The number of fused-ring (bicyclic) bond motifs is 1. The third-order valence-electron chi connectivity index (χ3n) is 5.35. The molecule has 0 aromatic carbocycles. The maximum Gasteiger partial charge on any atom is 0.00251 e. The minimum Gasteiger partial charge on any atom is -0.316 e. The summed E-state index contributed by atoms with van der Waals surface area (Å²) in [6.07, 6.45) is 7.38. The summed E-state index contributed by atoms with van der Waals surface area (Å²) < 4.78 is 0. The maximum atomic E-state index is 3.57. The molecule has 0 radical (unpaired) electrons. The van der Waals surface area contributed by atoms with Crippen molar-refractivity contribution in [3.8, 4) is 0 Å². The molecule has 18 heavy (non-hydrogen) atoms.